The summed E-state index contributed by atoms with van der Waals surface area (Å²) < 4.78 is 5.68. The minimum atomic E-state index is -0.452. The Balaban J connectivity index is 1.38. The molecule has 2 aliphatic heterocycles. The molecule has 0 saturated carbocycles. The van der Waals surface area contributed by atoms with Crippen molar-refractivity contribution in [2.45, 2.75) is 26.0 Å². The number of rotatable bonds is 4. The standard InChI is InChI=1S/C20H19N3O4/c1-12-8-15-9-13(2-7-17(15)27-12)10-21-19(25)14-3-5-16(6-4-14)23-11-18(24)22-20(23)26/h2-7,9,12H,8,10-11H2,1H3,(H,21,25)(H,22,24,26)/t12-/m1/s1. The highest BCUT2D eigenvalue weighted by Crippen LogP contribution is 2.29. The molecule has 1 atom stereocenters. The first-order chi connectivity index (χ1) is 13.0. The fourth-order valence-electron chi connectivity index (χ4n) is 3.31. The summed E-state index contributed by atoms with van der Waals surface area (Å²) in [5.74, 6) is 0.377. The van der Waals surface area contributed by atoms with Gasteiger partial charge in [0.15, 0.2) is 0 Å². The van der Waals surface area contributed by atoms with Crippen molar-refractivity contribution in [2.24, 2.45) is 0 Å². The second-order valence-electron chi connectivity index (χ2n) is 6.74. The summed E-state index contributed by atoms with van der Waals surface area (Å²) in [5.41, 5.74) is 3.24. The number of carbonyl (C=O) groups is 3. The fraction of sp³-hybridized carbons (Fsp3) is 0.250. The lowest BCUT2D eigenvalue weighted by molar-refractivity contribution is -0.117. The van der Waals surface area contributed by atoms with Gasteiger partial charge in [-0.05, 0) is 48.4 Å². The number of benzene rings is 2. The van der Waals surface area contributed by atoms with Gasteiger partial charge in [0.1, 0.15) is 18.4 Å². The number of ether oxygens (including phenoxy) is 1. The Morgan fingerprint density at radius 3 is 2.70 bits per heavy atom. The van der Waals surface area contributed by atoms with E-state index in [0.29, 0.717) is 17.8 Å². The van der Waals surface area contributed by atoms with Crippen LogP contribution in [0.25, 0.3) is 0 Å². The molecule has 2 aliphatic rings. The lowest BCUT2D eigenvalue weighted by Gasteiger charge is -2.13. The molecule has 4 amide bonds. The van der Waals surface area contributed by atoms with Crippen LogP contribution in [-0.2, 0) is 17.8 Å². The maximum Gasteiger partial charge on any atom is 0.329 e. The summed E-state index contributed by atoms with van der Waals surface area (Å²) in [6, 6.07) is 12.1. The Morgan fingerprint density at radius 1 is 1.22 bits per heavy atom. The summed E-state index contributed by atoms with van der Waals surface area (Å²) in [5, 5.41) is 5.12. The van der Waals surface area contributed by atoms with Crippen molar-refractivity contribution in [3.8, 4) is 5.75 Å². The van der Waals surface area contributed by atoms with Crippen LogP contribution in [0.15, 0.2) is 42.5 Å². The van der Waals surface area contributed by atoms with E-state index in [-0.39, 0.29) is 24.5 Å². The van der Waals surface area contributed by atoms with Crippen LogP contribution in [-0.4, -0.2) is 30.5 Å². The molecule has 0 bridgehead atoms. The number of urea groups is 1. The van der Waals surface area contributed by atoms with E-state index in [1.807, 2.05) is 19.1 Å². The van der Waals surface area contributed by atoms with Gasteiger partial charge in [-0.2, -0.15) is 0 Å². The number of hydrogen-bond acceptors (Lipinski definition) is 4. The molecule has 7 heteroatoms. The molecule has 0 spiro atoms. The van der Waals surface area contributed by atoms with Crippen molar-refractivity contribution in [3.63, 3.8) is 0 Å². The minimum absolute atomic E-state index is 0.00889. The monoisotopic (exact) mass is 365 g/mol. The molecule has 0 aromatic heterocycles. The molecule has 4 rings (SSSR count). The Kier molecular flexibility index (Phi) is 4.27. The van der Waals surface area contributed by atoms with Crippen LogP contribution < -0.4 is 20.3 Å². The molecule has 0 unspecified atom stereocenters. The quantitative estimate of drug-likeness (QED) is 0.811. The van der Waals surface area contributed by atoms with Gasteiger partial charge in [-0.1, -0.05) is 12.1 Å². The number of nitrogens with zero attached hydrogens (tertiary/aromatic N) is 1. The Bertz CT molecular complexity index is 923. The van der Waals surface area contributed by atoms with Crippen LogP contribution in [0.1, 0.15) is 28.4 Å². The molecule has 138 valence electrons. The largest absolute Gasteiger partial charge is 0.490 e. The Morgan fingerprint density at radius 2 is 2.00 bits per heavy atom. The third-order valence-corrected chi connectivity index (χ3v) is 4.65. The molecule has 0 radical (unpaired) electrons. The van der Waals surface area contributed by atoms with Crippen molar-refractivity contribution in [3.05, 3.63) is 59.2 Å². The van der Waals surface area contributed by atoms with Crippen LogP contribution in [0, 0.1) is 0 Å². The molecular formula is C20H19N3O4. The zero-order chi connectivity index (χ0) is 19.0. The molecule has 2 aromatic carbocycles. The SMILES string of the molecule is C[C@@H]1Cc2cc(CNC(=O)c3ccc(N4CC(=O)NC4=O)cc3)ccc2O1. The van der Waals surface area contributed by atoms with E-state index >= 15 is 0 Å². The molecular weight excluding hydrogens is 346 g/mol. The molecule has 2 aromatic rings. The average molecular weight is 365 g/mol. The molecule has 0 aliphatic carbocycles. The summed E-state index contributed by atoms with van der Waals surface area (Å²) >= 11 is 0. The maximum absolute atomic E-state index is 12.4. The molecule has 7 nitrogen and oxygen atoms in total. The summed E-state index contributed by atoms with van der Waals surface area (Å²) in [6.45, 7) is 2.45. The maximum atomic E-state index is 12.4. The van der Waals surface area contributed by atoms with E-state index in [1.54, 1.807) is 24.3 Å². The van der Waals surface area contributed by atoms with Crippen LogP contribution in [0.4, 0.5) is 10.5 Å². The lowest BCUT2D eigenvalue weighted by atomic mass is 10.1. The first-order valence-corrected chi connectivity index (χ1v) is 8.77. The van der Waals surface area contributed by atoms with E-state index in [2.05, 4.69) is 16.7 Å². The summed E-state index contributed by atoms with van der Waals surface area (Å²) in [6.07, 6.45) is 1.07. The van der Waals surface area contributed by atoms with E-state index < -0.39 is 6.03 Å². The summed E-state index contributed by atoms with van der Waals surface area (Å²) in [4.78, 5) is 36.6. The average Bonchev–Trinajstić information content (AvgIpc) is 3.19. The number of hydrogen-bond donors (Lipinski definition) is 2. The second-order valence-corrected chi connectivity index (χ2v) is 6.74. The molecule has 2 N–H and O–H groups in total. The van der Waals surface area contributed by atoms with Crippen molar-refractivity contribution in [1.29, 1.82) is 0 Å². The van der Waals surface area contributed by atoms with E-state index in [0.717, 1.165) is 23.3 Å². The van der Waals surface area contributed by atoms with E-state index in [1.165, 1.54) is 4.90 Å². The van der Waals surface area contributed by atoms with E-state index in [9.17, 15) is 14.4 Å². The van der Waals surface area contributed by atoms with Gasteiger partial charge in [-0.15, -0.1) is 0 Å². The topological polar surface area (TPSA) is 87.7 Å². The minimum Gasteiger partial charge on any atom is -0.490 e. The van der Waals surface area contributed by atoms with Crippen molar-refractivity contribution in [2.75, 3.05) is 11.4 Å². The van der Waals surface area contributed by atoms with Crippen molar-refractivity contribution >= 4 is 23.5 Å². The van der Waals surface area contributed by atoms with Crippen molar-refractivity contribution < 1.29 is 19.1 Å². The Labute approximate surface area is 156 Å². The first-order valence-electron chi connectivity index (χ1n) is 8.77. The highest BCUT2D eigenvalue weighted by molar-refractivity contribution is 6.12. The van der Waals surface area contributed by atoms with Gasteiger partial charge in [-0.3, -0.25) is 19.8 Å². The fourth-order valence-corrected chi connectivity index (χ4v) is 3.31. The first kappa shape index (κ1) is 17.1. The van der Waals surface area contributed by atoms with E-state index in [4.69, 9.17) is 4.74 Å². The zero-order valence-electron chi connectivity index (χ0n) is 14.8. The van der Waals surface area contributed by atoms with Gasteiger partial charge in [0.25, 0.3) is 5.91 Å². The zero-order valence-corrected chi connectivity index (χ0v) is 14.8. The predicted molar refractivity (Wildman–Crippen MR) is 98.7 cm³/mol. The van der Waals surface area contributed by atoms with Gasteiger partial charge in [0, 0.05) is 24.2 Å². The lowest BCUT2D eigenvalue weighted by Crippen LogP contribution is -2.28. The van der Waals surface area contributed by atoms with Gasteiger partial charge in [0.2, 0.25) is 5.91 Å². The number of nitrogens with one attached hydrogen (secondary N) is 2. The van der Waals surface area contributed by atoms with Crippen LogP contribution >= 0.6 is 0 Å². The number of fused-ring (bicyclic) bond motifs is 1. The number of imide groups is 1. The van der Waals surface area contributed by atoms with Gasteiger partial charge < -0.3 is 10.1 Å². The smallest absolute Gasteiger partial charge is 0.329 e. The van der Waals surface area contributed by atoms with Gasteiger partial charge in [-0.25, -0.2) is 4.79 Å². The number of amides is 4. The van der Waals surface area contributed by atoms with Crippen molar-refractivity contribution in [1.82, 2.24) is 10.6 Å². The third-order valence-electron chi connectivity index (χ3n) is 4.65. The van der Waals surface area contributed by atoms with Gasteiger partial charge >= 0.3 is 6.03 Å². The van der Waals surface area contributed by atoms with Gasteiger partial charge in [0.05, 0.1) is 0 Å². The molecule has 1 saturated heterocycles. The highest BCUT2D eigenvalue weighted by Gasteiger charge is 2.27. The molecule has 2 heterocycles. The van der Waals surface area contributed by atoms with Crippen LogP contribution in [0.5, 0.6) is 5.75 Å². The van der Waals surface area contributed by atoms with Crippen LogP contribution in [0.3, 0.4) is 0 Å². The number of anilines is 1. The third kappa shape index (κ3) is 3.48. The second kappa shape index (κ2) is 6.75. The normalized spacial score (nSPS) is 18.1. The highest BCUT2D eigenvalue weighted by atomic mass is 16.5. The number of carbonyl (C=O) groups excluding carboxylic acids is 3. The predicted octanol–water partition coefficient (Wildman–Crippen LogP) is 2.00. The Hall–Kier alpha value is -3.35. The molecule has 1 fully saturated rings. The van der Waals surface area contributed by atoms with Crippen LogP contribution in [0.2, 0.25) is 0 Å². The molecule has 27 heavy (non-hydrogen) atoms. The summed E-state index contributed by atoms with van der Waals surface area (Å²) in [7, 11) is 0.